The van der Waals surface area contributed by atoms with Crippen molar-refractivity contribution in [2.75, 3.05) is 5.32 Å². The van der Waals surface area contributed by atoms with Gasteiger partial charge in [0.15, 0.2) is 5.82 Å². The van der Waals surface area contributed by atoms with Gasteiger partial charge in [0.05, 0.1) is 11.7 Å². The van der Waals surface area contributed by atoms with Crippen molar-refractivity contribution in [3.63, 3.8) is 0 Å². The van der Waals surface area contributed by atoms with Crippen molar-refractivity contribution in [1.29, 1.82) is 0 Å². The maximum Gasteiger partial charge on any atom is 0.267 e. The molecule has 26 heavy (non-hydrogen) atoms. The third-order valence-corrected chi connectivity index (χ3v) is 5.39. The fraction of sp³-hybridized carbons (Fsp3) is 0.471. The molecule has 0 spiro atoms. The molecule has 0 unspecified atom stereocenters. The quantitative estimate of drug-likeness (QED) is 0.758. The number of anilines is 1. The molecule has 4 rings (SSSR count). The molecule has 3 aromatic heterocycles. The SMILES string of the molecule is Cc1cc(C)n(-c2ccc(=O)n(C3CCC(Nc4nncs4)CC3)n2)n1. The van der Waals surface area contributed by atoms with Crippen LogP contribution in [-0.2, 0) is 0 Å². The topological polar surface area (TPSA) is 90.5 Å². The Labute approximate surface area is 154 Å². The van der Waals surface area contributed by atoms with Crippen LogP contribution in [0.2, 0.25) is 0 Å². The number of nitrogens with zero attached hydrogens (tertiary/aromatic N) is 6. The Bertz CT molecular complexity index is 938. The highest BCUT2D eigenvalue weighted by Gasteiger charge is 2.24. The fourth-order valence-corrected chi connectivity index (χ4v) is 4.05. The Morgan fingerprint density at radius 3 is 2.62 bits per heavy atom. The first-order valence-electron chi connectivity index (χ1n) is 8.76. The maximum absolute atomic E-state index is 12.4. The Morgan fingerprint density at radius 2 is 1.96 bits per heavy atom. The van der Waals surface area contributed by atoms with E-state index in [0.717, 1.165) is 42.2 Å². The summed E-state index contributed by atoms with van der Waals surface area (Å²) in [4.78, 5) is 12.4. The molecule has 3 aromatic rings. The molecule has 136 valence electrons. The molecule has 3 heterocycles. The van der Waals surface area contributed by atoms with Gasteiger partial charge in [0.25, 0.3) is 5.56 Å². The predicted octanol–water partition coefficient (Wildman–Crippen LogP) is 2.49. The minimum atomic E-state index is -0.0594. The van der Waals surface area contributed by atoms with E-state index in [1.807, 2.05) is 19.9 Å². The number of aromatic nitrogens is 6. The van der Waals surface area contributed by atoms with Crippen molar-refractivity contribution in [3.8, 4) is 5.82 Å². The molecule has 8 nitrogen and oxygen atoms in total. The monoisotopic (exact) mass is 371 g/mol. The first kappa shape index (κ1) is 16.9. The molecule has 1 N–H and O–H groups in total. The second kappa shape index (κ2) is 6.99. The van der Waals surface area contributed by atoms with E-state index in [4.69, 9.17) is 0 Å². The zero-order chi connectivity index (χ0) is 18.1. The van der Waals surface area contributed by atoms with Crippen molar-refractivity contribution in [2.45, 2.75) is 51.6 Å². The average Bonchev–Trinajstić information content (AvgIpc) is 3.25. The van der Waals surface area contributed by atoms with E-state index in [-0.39, 0.29) is 11.6 Å². The Kier molecular flexibility index (Phi) is 4.54. The summed E-state index contributed by atoms with van der Waals surface area (Å²) < 4.78 is 3.42. The lowest BCUT2D eigenvalue weighted by Gasteiger charge is -2.29. The van der Waals surface area contributed by atoms with E-state index >= 15 is 0 Å². The van der Waals surface area contributed by atoms with Gasteiger partial charge in [-0.2, -0.15) is 5.10 Å². The zero-order valence-corrected chi connectivity index (χ0v) is 15.6. The van der Waals surface area contributed by atoms with Gasteiger partial charge in [0.2, 0.25) is 5.13 Å². The van der Waals surface area contributed by atoms with E-state index < -0.39 is 0 Å². The van der Waals surface area contributed by atoms with Crippen molar-refractivity contribution >= 4 is 16.5 Å². The summed E-state index contributed by atoms with van der Waals surface area (Å²) >= 11 is 1.51. The molecule has 0 saturated heterocycles. The number of hydrogen-bond donors (Lipinski definition) is 1. The molecular formula is C17H21N7OS. The highest BCUT2D eigenvalue weighted by Crippen LogP contribution is 2.29. The van der Waals surface area contributed by atoms with Crippen molar-refractivity contribution in [1.82, 2.24) is 29.8 Å². The van der Waals surface area contributed by atoms with Gasteiger partial charge in [-0.05, 0) is 51.7 Å². The van der Waals surface area contributed by atoms with Gasteiger partial charge in [0, 0.05) is 17.8 Å². The molecule has 0 aromatic carbocycles. The summed E-state index contributed by atoms with van der Waals surface area (Å²) in [7, 11) is 0. The highest BCUT2D eigenvalue weighted by atomic mass is 32.1. The van der Waals surface area contributed by atoms with Gasteiger partial charge in [-0.15, -0.1) is 15.3 Å². The van der Waals surface area contributed by atoms with Crippen LogP contribution in [0.4, 0.5) is 5.13 Å². The molecule has 0 bridgehead atoms. The maximum atomic E-state index is 12.4. The molecule has 1 fully saturated rings. The number of rotatable bonds is 4. The van der Waals surface area contributed by atoms with E-state index in [0.29, 0.717) is 11.9 Å². The molecule has 1 aliphatic rings. The molecule has 1 aliphatic carbocycles. The minimum Gasteiger partial charge on any atom is -0.357 e. The summed E-state index contributed by atoms with van der Waals surface area (Å²) in [6.45, 7) is 3.94. The van der Waals surface area contributed by atoms with Gasteiger partial charge in [-0.1, -0.05) is 11.3 Å². The molecule has 0 aliphatic heterocycles. The van der Waals surface area contributed by atoms with Gasteiger partial charge in [-0.25, -0.2) is 9.36 Å². The van der Waals surface area contributed by atoms with Gasteiger partial charge in [-0.3, -0.25) is 4.79 Å². The van der Waals surface area contributed by atoms with E-state index in [9.17, 15) is 4.79 Å². The van der Waals surface area contributed by atoms with Crippen LogP contribution >= 0.6 is 11.3 Å². The molecule has 0 atom stereocenters. The largest absolute Gasteiger partial charge is 0.357 e. The summed E-state index contributed by atoms with van der Waals surface area (Å²) in [5.74, 6) is 0.685. The summed E-state index contributed by atoms with van der Waals surface area (Å²) in [6.07, 6.45) is 3.76. The van der Waals surface area contributed by atoms with Crippen LogP contribution in [0.25, 0.3) is 5.82 Å². The average molecular weight is 371 g/mol. The Morgan fingerprint density at radius 1 is 1.15 bits per heavy atom. The van der Waals surface area contributed by atoms with Crippen LogP contribution in [0.5, 0.6) is 0 Å². The first-order valence-corrected chi connectivity index (χ1v) is 9.64. The normalized spacial score (nSPS) is 20.2. The summed E-state index contributed by atoms with van der Waals surface area (Å²) in [5, 5.41) is 21.2. The molecule has 9 heteroatoms. The number of hydrogen-bond acceptors (Lipinski definition) is 7. The predicted molar refractivity (Wildman–Crippen MR) is 99.9 cm³/mol. The lowest BCUT2D eigenvalue weighted by molar-refractivity contribution is 0.302. The van der Waals surface area contributed by atoms with Crippen molar-refractivity contribution in [2.24, 2.45) is 0 Å². The summed E-state index contributed by atoms with van der Waals surface area (Å²) in [6, 6.07) is 5.81. The van der Waals surface area contributed by atoms with Crippen LogP contribution in [0, 0.1) is 13.8 Å². The number of nitrogens with one attached hydrogen (secondary N) is 1. The lowest BCUT2D eigenvalue weighted by atomic mass is 9.91. The fourth-order valence-electron chi connectivity index (χ4n) is 3.53. The van der Waals surface area contributed by atoms with Crippen LogP contribution in [-0.4, -0.2) is 35.8 Å². The van der Waals surface area contributed by atoms with Gasteiger partial charge in [0.1, 0.15) is 5.51 Å². The zero-order valence-electron chi connectivity index (χ0n) is 14.8. The molecule has 0 radical (unpaired) electrons. The molecule has 1 saturated carbocycles. The van der Waals surface area contributed by atoms with Crippen LogP contribution < -0.4 is 10.9 Å². The third kappa shape index (κ3) is 3.39. The van der Waals surface area contributed by atoms with Crippen LogP contribution in [0.3, 0.4) is 0 Å². The van der Waals surface area contributed by atoms with Crippen LogP contribution in [0.1, 0.15) is 43.1 Å². The first-order chi connectivity index (χ1) is 12.6. The van der Waals surface area contributed by atoms with E-state index in [1.165, 1.54) is 11.3 Å². The molecular weight excluding hydrogens is 350 g/mol. The Hall–Kier alpha value is -2.55. The van der Waals surface area contributed by atoms with Crippen molar-refractivity contribution < 1.29 is 0 Å². The van der Waals surface area contributed by atoms with E-state index in [1.54, 1.807) is 27.0 Å². The second-order valence-electron chi connectivity index (χ2n) is 6.71. The highest BCUT2D eigenvalue weighted by molar-refractivity contribution is 7.13. The second-order valence-corrected chi connectivity index (χ2v) is 7.54. The van der Waals surface area contributed by atoms with Crippen LogP contribution in [0.15, 0.2) is 28.5 Å². The van der Waals surface area contributed by atoms with E-state index in [2.05, 4.69) is 25.7 Å². The summed E-state index contributed by atoms with van der Waals surface area (Å²) in [5.41, 5.74) is 3.60. The standard InChI is InChI=1S/C17H21N7OS/c1-11-9-12(2)23(21-11)15-7-8-16(25)24(22-15)14-5-3-13(4-6-14)19-17-20-18-10-26-17/h7-10,13-14H,3-6H2,1-2H3,(H,19,20). The lowest BCUT2D eigenvalue weighted by Crippen LogP contribution is -2.33. The smallest absolute Gasteiger partial charge is 0.267 e. The van der Waals surface area contributed by atoms with Crippen molar-refractivity contribution in [3.05, 3.63) is 45.5 Å². The Balaban J connectivity index is 1.50. The minimum absolute atomic E-state index is 0.0594. The number of aryl methyl sites for hydroxylation is 2. The van der Waals surface area contributed by atoms with Gasteiger partial charge < -0.3 is 5.32 Å². The molecule has 0 amide bonds. The third-order valence-electron chi connectivity index (χ3n) is 4.77. The van der Waals surface area contributed by atoms with Gasteiger partial charge >= 0.3 is 0 Å².